The maximum absolute atomic E-state index is 6.22. The Balaban J connectivity index is 1.70. The summed E-state index contributed by atoms with van der Waals surface area (Å²) in [4.78, 5) is 4.72. The van der Waals surface area contributed by atoms with Crippen LogP contribution in [0, 0.1) is 6.92 Å². The Morgan fingerprint density at radius 3 is 2.04 bits per heavy atom. The van der Waals surface area contributed by atoms with Crippen molar-refractivity contribution in [2.24, 2.45) is 0 Å². The van der Waals surface area contributed by atoms with Crippen LogP contribution >= 0.6 is 0 Å². The number of rotatable bonds is 3. The van der Waals surface area contributed by atoms with E-state index in [9.17, 15) is 0 Å². The Kier molecular flexibility index (Phi) is 4.64. The highest BCUT2D eigenvalue weighted by atomic mass is 16.7. The van der Waals surface area contributed by atoms with Gasteiger partial charge in [0.15, 0.2) is 0 Å². The van der Waals surface area contributed by atoms with Gasteiger partial charge in [-0.05, 0) is 63.3 Å². The molecule has 1 aromatic heterocycles. The molecule has 3 aromatic rings. The van der Waals surface area contributed by atoms with E-state index >= 15 is 0 Å². The molecule has 1 fully saturated rings. The van der Waals surface area contributed by atoms with Crippen molar-refractivity contribution < 1.29 is 9.31 Å². The monoisotopic (exact) mass is 371 g/mol. The fourth-order valence-electron chi connectivity index (χ4n) is 3.44. The highest BCUT2D eigenvalue weighted by molar-refractivity contribution is 6.62. The van der Waals surface area contributed by atoms with Gasteiger partial charge in [0.2, 0.25) is 0 Å². The lowest BCUT2D eigenvalue weighted by molar-refractivity contribution is 0.00578. The SMILES string of the molecule is Cc1cc(-c2cccc(B3OC(C)(C)C(C)(C)O3)c2)cc(-c2ccccc2)n1. The molecule has 142 valence electrons. The Morgan fingerprint density at radius 1 is 0.714 bits per heavy atom. The maximum Gasteiger partial charge on any atom is 0.494 e. The summed E-state index contributed by atoms with van der Waals surface area (Å²) in [6, 6.07) is 23.0. The number of hydrogen-bond donors (Lipinski definition) is 0. The van der Waals surface area contributed by atoms with Crippen LogP contribution in [-0.2, 0) is 9.31 Å². The predicted molar refractivity (Wildman–Crippen MR) is 116 cm³/mol. The summed E-state index contributed by atoms with van der Waals surface area (Å²) < 4.78 is 12.4. The standard InChI is InChI=1S/C24H26BNO2/c1-17-14-20(16-22(26-17)18-10-7-6-8-11-18)19-12-9-13-21(15-19)25-27-23(2,3)24(4,5)28-25/h6-16H,1-5H3. The van der Waals surface area contributed by atoms with Gasteiger partial charge in [-0.25, -0.2) is 0 Å². The highest BCUT2D eigenvalue weighted by Gasteiger charge is 2.51. The van der Waals surface area contributed by atoms with Gasteiger partial charge in [0.1, 0.15) is 0 Å². The average Bonchev–Trinajstić information content (AvgIpc) is 2.89. The van der Waals surface area contributed by atoms with Crippen molar-refractivity contribution in [2.45, 2.75) is 45.8 Å². The van der Waals surface area contributed by atoms with Crippen LogP contribution < -0.4 is 5.46 Å². The molecule has 0 bridgehead atoms. The van der Waals surface area contributed by atoms with Crippen LogP contribution in [-0.4, -0.2) is 23.3 Å². The Labute approximate surface area is 167 Å². The first-order valence-corrected chi connectivity index (χ1v) is 9.75. The summed E-state index contributed by atoms with van der Waals surface area (Å²) in [5, 5.41) is 0. The number of pyridine rings is 1. The van der Waals surface area contributed by atoms with Crippen molar-refractivity contribution in [3.63, 3.8) is 0 Å². The lowest BCUT2D eigenvalue weighted by atomic mass is 9.78. The minimum Gasteiger partial charge on any atom is -0.399 e. The molecule has 4 rings (SSSR count). The lowest BCUT2D eigenvalue weighted by Gasteiger charge is -2.32. The maximum atomic E-state index is 6.22. The molecule has 3 nitrogen and oxygen atoms in total. The minimum absolute atomic E-state index is 0.346. The van der Waals surface area contributed by atoms with E-state index in [1.54, 1.807) is 0 Å². The van der Waals surface area contributed by atoms with Crippen molar-refractivity contribution in [3.05, 3.63) is 72.4 Å². The van der Waals surface area contributed by atoms with E-state index < -0.39 is 0 Å². The van der Waals surface area contributed by atoms with E-state index in [2.05, 4.69) is 76.2 Å². The van der Waals surface area contributed by atoms with Gasteiger partial charge >= 0.3 is 7.12 Å². The predicted octanol–water partition coefficient (Wildman–Crippen LogP) is 5.02. The number of aryl methyl sites for hydroxylation is 1. The van der Waals surface area contributed by atoms with Gasteiger partial charge in [0.25, 0.3) is 0 Å². The Morgan fingerprint density at radius 2 is 1.36 bits per heavy atom. The summed E-state index contributed by atoms with van der Waals surface area (Å²) in [6.07, 6.45) is 0. The van der Waals surface area contributed by atoms with Gasteiger partial charge in [-0.2, -0.15) is 0 Å². The van der Waals surface area contributed by atoms with Crippen LogP contribution in [0.15, 0.2) is 66.7 Å². The third-order valence-electron chi connectivity index (χ3n) is 5.77. The van der Waals surface area contributed by atoms with Crippen molar-refractivity contribution in [2.75, 3.05) is 0 Å². The van der Waals surface area contributed by atoms with Gasteiger partial charge < -0.3 is 9.31 Å². The number of hydrogen-bond acceptors (Lipinski definition) is 3. The van der Waals surface area contributed by atoms with Crippen molar-refractivity contribution in [1.82, 2.24) is 4.98 Å². The third kappa shape index (κ3) is 3.50. The van der Waals surface area contributed by atoms with E-state index in [1.165, 1.54) is 0 Å². The highest BCUT2D eigenvalue weighted by Crippen LogP contribution is 2.36. The van der Waals surface area contributed by atoms with E-state index in [0.717, 1.165) is 33.5 Å². The lowest BCUT2D eigenvalue weighted by Crippen LogP contribution is -2.41. The third-order valence-corrected chi connectivity index (χ3v) is 5.77. The van der Waals surface area contributed by atoms with E-state index in [-0.39, 0.29) is 18.3 Å². The molecule has 28 heavy (non-hydrogen) atoms. The molecule has 0 aliphatic carbocycles. The smallest absolute Gasteiger partial charge is 0.399 e. The van der Waals surface area contributed by atoms with Crippen LogP contribution in [0.5, 0.6) is 0 Å². The van der Waals surface area contributed by atoms with Gasteiger partial charge in [-0.15, -0.1) is 0 Å². The average molecular weight is 371 g/mol. The molecule has 1 aliphatic heterocycles. The van der Waals surface area contributed by atoms with Crippen molar-refractivity contribution >= 4 is 12.6 Å². The van der Waals surface area contributed by atoms with Gasteiger partial charge in [-0.1, -0.05) is 54.6 Å². The summed E-state index contributed by atoms with van der Waals surface area (Å²) in [7, 11) is -0.360. The summed E-state index contributed by atoms with van der Waals surface area (Å²) in [6.45, 7) is 10.4. The molecule has 0 saturated carbocycles. The second-order valence-corrected chi connectivity index (χ2v) is 8.46. The first kappa shape index (κ1) is 18.9. The number of benzene rings is 2. The molecule has 1 aliphatic rings. The van der Waals surface area contributed by atoms with Crippen LogP contribution in [0.3, 0.4) is 0 Å². The van der Waals surface area contributed by atoms with E-state index in [1.807, 2.05) is 25.1 Å². The number of nitrogens with zero attached hydrogens (tertiary/aromatic N) is 1. The van der Waals surface area contributed by atoms with E-state index in [0.29, 0.717) is 0 Å². The van der Waals surface area contributed by atoms with Crippen molar-refractivity contribution in [1.29, 1.82) is 0 Å². The first-order chi connectivity index (χ1) is 13.2. The fourth-order valence-corrected chi connectivity index (χ4v) is 3.44. The molecule has 0 N–H and O–H groups in total. The molecule has 0 atom stereocenters. The van der Waals surface area contributed by atoms with Crippen LogP contribution in [0.2, 0.25) is 0 Å². The zero-order chi connectivity index (χ0) is 19.9. The van der Waals surface area contributed by atoms with Gasteiger partial charge in [-0.3, -0.25) is 4.98 Å². The van der Waals surface area contributed by atoms with Crippen LogP contribution in [0.25, 0.3) is 22.4 Å². The normalized spacial score (nSPS) is 17.7. The topological polar surface area (TPSA) is 31.4 Å². The molecule has 2 heterocycles. The minimum atomic E-state index is -0.360. The van der Waals surface area contributed by atoms with E-state index in [4.69, 9.17) is 14.3 Å². The van der Waals surface area contributed by atoms with Crippen LogP contribution in [0.4, 0.5) is 0 Å². The molecule has 0 unspecified atom stereocenters. The zero-order valence-electron chi connectivity index (χ0n) is 17.2. The molecule has 4 heteroatoms. The fraction of sp³-hybridized carbons (Fsp3) is 0.292. The van der Waals surface area contributed by atoms with Gasteiger partial charge in [0, 0.05) is 11.3 Å². The molecular weight excluding hydrogens is 345 g/mol. The molecule has 0 radical (unpaired) electrons. The summed E-state index contributed by atoms with van der Waals surface area (Å²) >= 11 is 0. The molecule has 0 spiro atoms. The molecule has 0 amide bonds. The second-order valence-electron chi connectivity index (χ2n) is 8.46. The second kappa shape index (κ2) is 6.87. The largest absolute Gasteiger partial charge is 0.494 e. The zero-order valence-corrected chi connectivity index (χ0v) is 17.2. The molecule has 2 aromatic carbocycles. The Bertz CT molecular complexity index is 982. The quantitative estimate of drug-likeness (QED) is 0.606. The molecule has 1 saturated heterocycles. The Hall–Kier alpha value is -2.43. The molecular formula is C24H26BNO2. The number of aromatic nitrogens is 1. The first-order valence-electron chi connectivity index (χ1n) is 9.75. The van der Waals surface area contributed by atoms with Gasteiger partial charge in [0.05, 0.1) is 16.9 Å². The summed E-state index contributed by atoms with van der Waals surface area (Å²) in [5.41, 5.74) is 5.72. The van der Waals surface area contributed by atoms with Crippen molar-refractivity contribution in [3.8, 4) is 22.4 Å². The van der Waals surface area contributed by atoms with Crippen LogP contribution in [0.1, 0.15) is 33.4 Å². The summed E-state index contributed by atoms with van der Waals surface area (Å²) in [5.74, 6) is 0.